The summed E-state index contributed by atoms with van der Waals surface area (Å²) in [5, 5.41) is 10.1. The molecule has 0 saturated heterocycles. The van der Waals surface area contributed by atoms with E-state index in [0.717, 1.165) is 43.5 Å². The summed E-state index contributed by atoms with van der Waals surface area (Å²) >= 11 is 6.21. The maximum Gasteiger partial charge on any atom is 0.347 e. The Labute approximate surface area is 177 Å². The lowest BCUT2D eigenvalue weighted by Crippen LogP contribution is -2.28. The Morgan fingerprint density at radius 1 is 1.21 bits per heavy atom. The molecule has 1 aromatic heterocycles. The number of esters is 1. The molecule has 1 heterocycles. The lowest BCUT2D eigenvalue weighted by Gasteiger charge is -2.17. The number of carbonyl (C=O) groups excluding carboxylic acids is 1. The van der Waals surface area contributed by atoms with Crippen LogP contribution in [0.25, 0.3) is 0 Å². The Kier molecular flexibility index (Phi) is 9.48. The number of benzene rings is 1. The first-order valence-corrected chi connectivity index (χ1v) is 10.6. The largest absolute Gasteiger partial charge is 0.479 e. The number of nitrogens with zero attached hydrogens (tertiary/aromatic N) is 2. The van der Waals surface area contributed by atoms with E-state index in [9.17, 15) is 9.90 Å². The van der Waals surface area contributed by atoms with Crippen LogP contribution < -0.4 is 4.74 Å². The summed E-state index contributed by atoms with van der Waals surface area (Å²) in [6, 6.07) is 7.59. The summed E-state index contributed by atoms with van der Waals surface area (Å²) in [4.78, 5) is 16.4. The Bertz CT molecular complexity index is 774. The average molecular weight is 423 g/mol. The zero-order chi connectivity index (χ0) is 21.2. The SMILES string of the molecule is CCCCc1nc(Cl)c(CO)n1Cc1ccc(OC(CCCC)C(=O)OC)cc1. The zero-order valence-corrected chi connectivity index (χ0v) is 18.2. The van der Waals surface area contributed by atoms with Gasteiger partial charge in [-0.25, -0.2) is 9.78 Å². The molecule has 7 heteroatoms. The molecule has 0 saturated carbocycles. The summed E-state index contributed by atoms with van der Waals surface area (Å²) in [7, 11) is 1.37. The molecule has 0 bridgehead atoms. The molecule has 1 atom stereocenters. The smallest absolute Gasteiger partial charge is 0.347 e. The molecule has 0 aliphatic rings. The quantitative estimate of drug-likeness (QED) is 0.508. The van der Waals surface area contributed by atoms with E-state index < -0.39 is 6.10 Å². The van der Waals surface area contributed by atoms with Gasteiger partial charge in [0.05, 0.1) is 19.4 Å². The van der Waals surface area contributed by atoms with E-state index in [1.165, 1.54) is 7.11 Å². The number of aromatic nitrogens is 2. The van der Waals surface area contributed by atoms with E-state index in [1.807, 2.05) is 28.8 Å². The van der Waals surface area contributed by atoms with E-state index in [2.05, 4.69) is 18.8 Å². The molecule has 0 aliphatic heterocycles. The fraction of sp³-hybridized carbons (Fsp3) is 0.545. The second kappa shape index (κ2) is 11.8. The first-order valence-electron chi connectivity index (χ1n) is 10.2. The summed E-state index contributed by atoms with van der Waals surface area (Å²) in [6.45, 7) is 4.60. The summed E-state index contributed by atoms with van der Waals surface area (Å²) in [5.74, 6) is 1.15. The van der Waals surface area contributed by atoms with Crippen molar-refractivity contribution in [1.82, 2.24) is 9.55 Å². The van der Waals surface area contributed by atoms with Crippen LogP contribution >= 0.6 is 11.6 Å². The van der Waals surface area contributed by atoms with Crippen molar-refractivity contribution in [3.63, 3.8) is 0 Å². The number of methoxy groups -OCH3 is 1. The third kappa shape index (κ3) is 6.47. The Balaban J connectivity index is 2.13. The van der Waals surface area contributed by atoms with Gasteiger partial charge in [0.15, 0.2) is 11.3 Å². The van der Waals surface area contributed by atoms with Gasteiger partial charge in [0.1, 0.15) is 11.6 Å². The van der Waals surface area contributed by atoms with Crippen LogP contribution in [0.15, 0.2) is 24.3 Å². The van der Waals surface area contributed by atoms with Crippen LogP contribution in [0.3, 0.4) is 0 Å². The van der Waals surface area contributed by atoms with Crippen molar-refractivity contribution in [2.24, 2.45) is 0 Å². The average Bonchev–Trinajstić information content (AvgIpc) is 3.04. The minimum atomic E-state index is -0.597. The molecule has 6 nitrogen and oxygen atoms in total. The second-order valence-electron chi connectivity index (χ2n) is 7.03. The van der Waals surface area contributed by atoms with Crippen LogP contribution in [0, 0.1) is 0 Å². The number of unbranched alkanes of at least 4 members (excludes halogenated alkanes) is 2. The van der Waals surface area contributed by atoms with Crippen molar-refractivity contribution < 1.29 is 19.4 Å². The summed E-state index contributed by atoms with van der Waals surface area (Å²) < 4.78 is 12.7. The molecular weight excluding hydrogens is 392 g/mol. The number of carbonyl (C=O) groups is 1. The number of rotatable bonds is 12. The Hall–Kier alpha value is -2.05. The lowest BCUT2D eigenvalue weighted by molar-refractivity contribution is -0.149. The monoisotopic (exact) mass is 422 g/mol. The predicted octanol–water partition coefficient (Wildman–Crippen LogP) is 4.53. The summed E-state index contributed by atoms with van der Waals surface area (Å²) in [6.07, 6.45) is 4.79. The molecule has 1 N–H and O–H groups in total. The van der Waals surface area contributed by atoms with Gasteiger partial charge in [0.25, 0.3) is 0 Å². The van der Waals surface area contributed by atoms with E-state index >= 15 is 0 Å². The highest BCUT2D eigenvalue weighted by Gasteiger charge is 2.20. The van der Waals surface area contributed by atoms with Crippen LogP contribution in [-0.4, -0.2) is 33.8 Å². The number of aryl methyl sites for hydroxylation is 1. The molecule has 1 aromatic carbocycles. The van der Waals surface area contributed by atoms with Gasteiger partial charge in [-0.05, 0) is 37.0 Å². The fourth-order valence-electron chi connectivity index (χ4n) is 3.13. The van der Waals surface area contributed by atoms with Crippen molar-refractivity contribution in [2.75, 3.05) is 7.11 Å². The number of aliphatic hydroxyl groups excluding tert-OH is 1. The normalized spacial score (nSPS) is 12.0. The van der Waals surface area contributed by atoms with Crippen molar-refractivity contribution in [1.29, 1.82) is 0 Å². The fourth-order valence-corrected chi connectivity index (χ4v) is 3.39. The van der Waals surface area contributed by atoms with E-state index in [4.69, 9.17) is 21.1 Å². The minimum Gasteiger partial charge on any atom is -0.479 e. The first-order chi connectivity index (χ1) is 14.0. The number of hydrogen-bond donors (Lipinski definition) is 1. The van der Waals surface area contributed by atoms with Crippen LogP contribution in [0.2, 0.25) is 5.15 Å². The molecule has 29 heavy (non-hydrogen) atoms. The number of hydrogen-bond acceptors (Lipinski definition) is 5. The third-order valence-corrected chi connectivity index (χ3v) is 5.14. The second-order valence-corrected chi connectivity index (χ2v) is 7.39. The number of imidazole rings is 1. The minimum absolute atomic E-state index is 0.155. The first kappa shape index (κ1) is 23.2. The molecular formula is C22H31ClN2O4. The number of aliphatic hydroxyl groups is 1. The molecule has 0 fully saturated rings. The van der Waals surface area contributed by atoms with Gasteiger partial charge in [-0.15, -0.1) is 0 Å². The van der Waals surface area contributed by atoms with Crippen molar-refractivity contribution in [2.45, 2.75) is 71.6 Å². The number of halogens is 1. The van der Waals surface area contributed by atoms with E-state index in [-0.39, 0.29) is 12.6 Å². The number of ether oxygens (including phenoxy) is 2. The van der Waals surface area contributed by atoms with Gasteiger partial charge < -0.3 is 19.1 Å². The molecule has 1 unspecified atom stereocenters. The molecule has 0 amide bonds. The Morgan fingerprint density at radius 3 is 2.48 bits per heavy atom. The molecule has 160 valence electrons. The van der Waals surface area contributed by atoms with Crippen LogP contribution in [-0.2, 0) is 29.1 Å². The van der Waals surface area contributed by atoms with E-state index in [0.29, 0.717) is 29.6 Å². The van der Waals surface area contributed by atoms with Crippen molar-refractivity contribution in [3.8, 4) is 5.75 Å². The highest BCUT2D eigenvalue weighted by atomic mass is 35.5. The van der Waals surface area contributed by atoms with Gasteiger partial charge in [0.2, 0.25) is 0 Å². The van der Waals surface area contributed by atoms with Gasteiger partial charge in [0, 0.05) is 13.0 Å². The topological polar surface area (TPSA) is 73.6 Å². The molecule has 0 aliphatic carbocycles. The summed E-state index contributed by atoms with van der Waals surface area (Å²) in [5.41, 5.74) is 1.66. The standard InChI is InChI=1S/C22H31ClN2O4/c1-4-6-8-19(22(27)28-3)29-17-12-10-16(11-13-17)14-25-18(15-26)21(23)24-20(25)9-7-5-2/h10-13,19,26H,4-9,14-15H2,1-3H3. The predicted molar refractivity (Wildman–Crippen MR) is 113 cm³/mol. The van der Waals surface area contributed by atoms with Crippen LogP contribution in [0.1, 0.15) is 63.0 Å². The van der Waals surface area contributed by atoms with Crippen LogP contribution in [0.5, 0.6) is 5.75 Å². The highest BCUT2D eigenvalue weighted by molar-refractivity contribution is 6.30. The van der Waals surface area contributed by atoms with Crippen molar-refractivity contribution in [3.05, 3.63) is 46.5 Å². The maximum atomic E-state index is 11.9. The van der Waals surface area contributed by atoms with Crippen molar-refractivity contribution >= 4 is 17.6 Å². The van der Waals surface area contributed by atoms with E-state index in [1.54, 1.807) is 0 Å². The third-order valence-electron chi connectivity index (χ3n) is 4.83. The molecule has 0 spiro atoms. The van der Waals surface area contributed by atoms with Gasteiger partial charge in [-0.3, -0.25) is 0 Å². The lowest BCUT2D eigenvalue weighted by atomic mass is 10.1. The molecule has 0 radical (unpaired) electrons. The Morgan fingerprint density at radius 2 is 1.90 bits per heavy atom. The maximum absolute atomic E-state index is 11.9. The van der Waals surface area contributed by atoms with Crippen LogP contribution in [0.4, 0.5) is 0 Å². The molecule has 2 aromatic rings. The van der Waals surface area contributed by atoms with Gasteiger partial charge in [-0.1, -0.05) is 50.4 Å². The zero-order valence-electron chi connectivity index (χ0n) is 17.5. The van der Waals surface area contributed by atoms with Gasteiger partial charge in [-0.2, -0.15) is 0 Å². The molecule has 2 rings (SSSR count). The van der Waals surface area contributed by atoms with Gasteiger partial charge >= 0.3 is 5.97 Å². The highest BCUT2D eigenvalue weighted by Crippen LogP contribution is 2.22.